The summed E-state index contributed by atoms with van der Waals surface area (Å²) in [6, 6.07) is 15.2. The van der Waals surface area contributed by atoms with Crippen molar-refractivity contribution < 1.29 is 4.74 Å². The van der Waals surface area contributed by atoms with Crippen molar-refractivity contribution in [1.82, 2.24) is 14.5 Å². The van der Waals surface area contributed by atoms with Crippen LogP contribution in [0.2, 0.25) is 5.02 Å². The van der Waals surface area contributed by atoms with Crippen LogP contribution in [0.5, 0.6) is 0 Å². The lowest BCUT2D eigenvalue weighted by atomic mass is 10.0. The Morgan fingerprint density at radius 1 is 1.00 bits per heavy atom. The fourth-order valence-electron chi connectivity index (χ4n) is 4.67. The fourth-order valence-corrected chi connectivity index (χ4v) is 4.89. The molecule has 154 valence electrons. The smallest absolute Gasteiger partial charge is 0.0707 e. The standard InChI is InChI=1S/C25H26ClN3O/c1-3-29-24-17(2)27-9-8-21(24)23-15-20(26)14-22(25(23)29)19-6-4-18(5-7-19)16-28-10-12-30-13-11-28/h4-9,14-15H,3,10-13,16H2,1-2H3. The molecule has 2 aromatic heterocycles. The lowest BCUT2D eigenvalue weighted by Gasteiger charge is -2.26. The quantitative estimate of drug-likeness (QED) is 0.427. The van der Waals surface area contributed by atoms with E-state index in [-0.39, 0.29) is 0 Å². The van der Waals surface area contributed by atoms with E-state index in [0.717, 1.165) is 50.1 Å². The van der Waals surface area contributed by atoms with E-state index in [2.05, 4.69) is 70.8 Å². The van der Waals surface area contributed by atoms with Gasteiger partial charge in [0.2, 0.25) is 0 Å². The number of morpholine rings is 1. The highest BCUT2D eigenvalue weighted by Crippen LogP contribution is 2.39. The molecule has 0 atom stereocenters. The summed E-state index contributed by atoms with van der Waals surface area (Å²) in [5.41, 5.74) is 7.17. The Hall–Kier alpha value is -2.40. The van der Waals surface area contributed by atoms with Gasteiger partial charge in [0, 0.05) is 53.7 Å². The number of benzene rings is 2. The van der Waals surface area contributed by atoms with E-state index in [4.69, 9.17) is 16.3 Å². The molecule has 0 aliphatic carbocycles. The number of hydrogen-bond acceptors (Lipinski definition) is 3. The van der Waals surface area contributed by atoms with Crippen LogP contribution in [0.15, 0.2) is 48.7 Å². The number of aromatic nitrogens is 2. The predicted molar refractivity (Wildman–Crippen MR) is 124 cm³/mol. The summed E-state index contributed by atoms with van der Waals surface area (Å²) in [6.45, 7) is 9.78. The highest BCUT2D eigenvalue weighted by Gasteiger charge is 2.17. The molecule has 0 amide bonds. The molecule has 1 fully saturated rings. The first-order valence-corrected chi connectivity index (χ1v) is 11.0. The second-order valence-corrected chi connectivity index (χ2v) is 8.41. The first-order valence-electron chi connectivity index (χ1n) is 10.6. The minimum Gasteiger partial charge on any atom is -0.379 e. The summed E-state index contributed by atoms with van der Waals surface area (Å²) in [6.07, 6.45) is 1.89. The number of fused-ring (bicyclic) bond motifs is 3. The molecule has 1 aliphatic rings. The minimum absolute atomic E-state index is 0.763. The molecule has 4 aromatic rings. The molecule has 0 unspecified atom stereocenters. The molecule has 4 nitrogen and oxygen atoms in total. The van der Waals surface area contributed by atoms with Crippen molar-refractivity contribution in [1.29, 1.82) is 0 Å². The van der Waals surface area contributed by atoms with E-state index in [1.807, 2.05) is 6.20 Å². The van der Waals surface area contributed by atoms with Gasteiger partial charge in [0.05, 0.1) is 29.9 Å². The topological polar surface area (TPSA) is 30.3 Å². The van der Waals surface area contributed by atoms with Gasteiger partial charge in [0.1, 0.15) is 0 Å². The van der Waals surface area contributed by atoms with Gasteiger partial charge in [0.25, 0.3) is 0 Å². The fraction of sp³-hybridized carbons (Fsp3) is 0.320. The van der Waals surface area contributed by atoms with Gasteiger partial charge in [-0.3, -0.25) is 9.88 Å². The van der Waals surface area contributed by atoms with Crippen molar-refractivity contribution in [2.75, 3.05) is 26.3 Å². The zero-order chi connectivity index (χ0) is 20.7. The average Bonchev–Trinajstić information content (AvgIpc) is 3.09. The molecule has 0 bridgehead atoms. The largest absolute Gasteiger partial charge is 0.379 e. The van der Waals surface area contributed by atoms with Gasteiger partial charge in [-0.2, -0.15) is 0 Å². The summed E-state index contributed by atoms with van der Waals surface area (Å²) < 4.78 is 7.84. The highest BCUT2D eigenvalue weighted by atomic mass is 35.5. The van der Waals surface area contributed by atoms with E-state index in [1.54, 1.807) is 0 Å². The molecule has 2 aromatic carbocycles. The molecule has 1 saturated heterocycles. The van der Waals surface area contributed by atoms with Crippen LogP contribution >= 0.6 is 11.6 Å². The Kier molecular flexibility index (Phi) is 5.23. The van der Waals surface area contributed by atoms with E-state index in [9.17, 15) is 0 Å². The monoisotopic (exact) mass is 419 g/mol. The Balaban J connectivity index is 1.62. The molecular weight excluding hydrogens is 394 g/mol. The third kappa shape index (κ3) is 3.39. The van der Waals surface area contributed by atoms with E-state index in [0.29, 0.717) is 0 Å². The lowest BCUT2D eigenvalue weighted by molar-refractivity contribution is 0.0342. The summed E-state index contributed by atoms with van der Waals surface area (Å²) in [5.74, 6) is 0. The van der Waals surface area contributed by atoms with Crippen molar-refractivity contribution in [2.45, 2.75) is 26.9 Å². The second-order valence-electron chi connectivity index (χ2n) is 7.97. The van der Waals surface area contributed by atoms with Crippen LogP contribution in [0, 0.1) is 6.92 Å². The Morgan fingerprint density at radius 3 is 2.50 bits per heavy atom. The Morgan fingerprint density at radius 2 is 1.77 bits per heavy atom. The van der Waals surface area contributed by atoms with Crippen LogP contribution < -0.4 is 0 Å². The van der Waals surface area contributed by atoms with Crippen molar-refractivity contribution in [3.63, 3.8) is 0 Å². The van der Waals surface area contributed by atoms with E-state index < -0.39 is 0 Å². The van der Waals surface area contributed by atoms with E-state index >= 15 is 0 Å². The van der Waals surface area contributed by atoms with Crippen LogP contribution in [0.3, 0.4) is 0 Å². The first-order chi connectivity index (χ1) is 14.7. The van der Waals surface area contributed by atoms with Crippen molar-refractivity contribution in [3.8, 4) is 11.1 Å². The third-order valence-corrected chi connectivity index (χ3v) is 6.32. The molecule has 5 rings (SSSR count). The molecule has 30 heavy (non-hydrogen) atoms. The molecule has 5 heteroatoms. The summed E-state index contributed by atoms with van der Waals surface area (Å²) in [5, 5.41) is 3.17. The molecule has 0 spiro atoms. The Labute approximate surface area is 182 Å². The normalized spacial score (nSPS) is 15.3. The summed E-state index contributed by atoms with van der Waals surface area (Å²) in [4.78, 5) is 6.98. The van der Waals surface area contributed by atoms with Crippen molar-refractivity contribution in [2.24, 2.45) is 0 Å². The van der Waals surface area contributed by atoms with Gasteiger partial charge >= 0.3 is 0 Å². The minimum atomic E-state index is 0.763. The average molecular weight is 420 g/mol. The number of rotatable bonds is 4. The summed E-state index contributed by atoms with van der Waals surface area (Å²) in [7, 11) is 0. The van der Waals surface area contributed by atoms with E-state index in [1.165, 1.54) is 38.5 Å². The van der Waals surface area contributed by atoms with Crippen molar-refractivity contribution in [3.05, 3.63) is 64.9 Å². The molecule has 1 aliphatic heterocycles. The maximum atomic E-state index is 6.58. The molecular formula is C25H26ClN3O. The first kappa shape index (κ1) is 19.6. The summed E-state index contributed by atoms with van der Waals surface area (Å²) >= 11 is 6.58. The van der Waals surface area contributed by atoms with Gasteiger partial charge in [0.15, 0.2) is 0 Å². The molecule has 0 N–H and O–H groups in total. The number of nitrogens with zero attached hydrogens (tertiary/aromatic N) is 3. The lowest BCUT2D eigenvalue weighted by Crippen LogP contribution is -2.35. The highest BCUT2D eigenvalue weighted by molar-refractivity contribution is 6.32. The van der Waals surface area contributed by atoms with Gasteiger partial charge in [-0.25, -0.2) is 0 Å². The van der Waals surface area contributed by atoms with Gasteiger partial charge in [-0.1, -0.05) is 35.9 Å². The van der Waals surface area contributed by atoms with Crippen LogP contribution in [0.4, 0.5) is 0 Å². The maximum Gasteiger partial charge on any atom is 0.0707 e. The number of halogens is 1. The number of hydrogen-bond donors (Lipinski definition) is 0. The van der Waals surface area contributed by atoms with Crippen LogP contribution in [0.25, 0.3) is 32.9 Å². The second kappa shape index (κ2) is 8.03. The third-order valence-electron chi connectivity index (χ3n) is 6.10. The van der Waals surface area contributed by atoms with Crippen molar-refractivity contribution >= 4 is 33.4 Å². The predicted octanol–water partition coefficient (Wildman–Crippen LogP) is 5.67. The number of ether oxygens (including phenoxy) is 1. The SMILES string of the molecule is CCn1c2c(-c3ccc(CN4CCOCC4)cc3)cc(Cl)cc2c2ccnc(C)c21. The Bertz CT molecular complexity index is 1210. The van der Waals surface area contributed by atoms with Gasteiger partial charge < -0.3 is 9.30 Å². The van der Waals surface area contributed by atoms with Crippen LogP contribution in [-0.4, -0.2) is 40.8 Å². The zero-order valence-electron chi connectivity index (χ0n) is 17.5. The van der Waals surface area contributed by atoms with Gasteiger partial charge in [-0.05, 0) is 43.2 Å². The number of pyridine rings is 1. The molecule has 0 radical (unpaired) electrons. The van der Waals surface area contributed by atoms with Crippen LogP contribution in [-0.2, 0) is 17.8 Å². The molecule has 0 saturated carbocycles. The zero-order valence-corrected chi connectivity index (χ0v) is 18.2. The maximum absolute atomic E-state index is 6.58. The number of aryl methyl sites for hydroxylation is 2. The molecule has 3 heterocycles. The van der Waals surface area contributed by atoms with Gasteiger partial charge in [-0.15, -0.1) is 0 Å². The van der Waals surface area contributed by atoms with Crippen LogP contribution in [0.1, 0.15) is 18.2 Å².